The van der Waals surface area contributed by atoms with Gasteiger partial charge in [-0.3, -0.25) is 0 Å². The van der Waals surface area contributed by atoms with Crippen molar-refractivity contribution in [2.45, 2.75) is 6.54 Å². The molecule has 0 amide bonds. The minimum atomic E-state index is 0.713. The van der Waals surface area contributed by atoms with E-state index >= 15 is 0 Å². The number of rotatable bonds is 3. The highest BCUT2D eigenvalue weighted by molar-refractivity contribution is 5.81. The molecule has 3 rings (SSSR count). The van der Waals surface area contributed by atoms with Crippen molar-refractivity contribution in [1.82, 2.24) is 15.0 Å². The molecule has 3 aromatic rings. The molecule has 0 saturated carbocycles. The molecule has 0 aliphatic carbocycles. The van der Waals surface area contributed by atoms with Crippen LogP contribution >= 0.6 is 0 Å². The normalized spacial score (nSPS) is 10.7. The number of fused-ring (bicyclic) bond motifs is 1. The van der Waals surface area contributed by atoms with Crippen molar-refractivity contribution < 1.29 is 4.74 Å². The van der Waals surface area contributed by atoms with Gasteiger partial charge in [0, 0.05) is 0 Å². The van der Waals surface area contributed by atoms with Crippen LogP contribution in [0.2, 0.25) is 0 Å². The fourth-order valence-corrected chi connectivity index (χ4v) is 2.00. The topological polar surface area (TPSA) is 39.9 Å². The van der Waals surface area contributed by atoms with Gasteiger partial charge in [-0.2, -0.15) is 0 Å². The summed E-state index contributed by atoms with van der Waals surface area (Å²) < 4.78 is 7.16. The van der Waals surface area contributed by atoms with Crippen LogP contribution in [-0.2, 0) is 6.54 Å². The average molecular weight is 239 g/mol. The van der Waals surface area contributed by atoms with Gasteiger partial charge in [0.2, 0.25) is 0 Å². The van der Waals surface area contributed by atoms with Gasteiger partial charge in [0.15, 0.2) is 5.52 Å². The lowest BCUT2D eigenvalue weighted by Gasteiger charge is -2.03. The Labute approximate surface area is 105 Å². The monoisotopic (exact) mass is 239 g/mol. The summed E-state index contributed by atoms with van der Waals surface area (Å²) in [7, 11) is 1.64. The van der Waals surface area contributed by atoms with Gasteiger partial charge < -0.3 is 4.74 Å². The molecule has 0 atom stereocenters. The minimum absolute atomic E-state index is 0.713. The summed E-state index contributed by atoms with van der Waals surface area (Å²) in [5.74, 6) is 0.756. The SMILES string of the molecule is COc1cccc2c1nnn2Cc1ccccc1. The van der Waals surface area contributed by atoms with Crippen molar-refractivity contribution in [2.75, 3.05) is 7.11 Å². The summed E-state index contributed by atoms with van der Waals surface area (Å²) in [6.45, 7) is 0.713. The first kappa shape index (κ1) is 10.8. The first-order valence-electron chi connectivity index (χ1n) is 5.78. The van der Waals surface area contributed by atoms with E-state index in [1.807, 2.05) is 41.1 Å². The molecule has 4 nitrogen and oxygen atoms in total. The summed E-state index contributed by atoms with van der Waals surface area (Å²) in [5.41, 5.74) is 2.99. The van der Waals surface area contributed by atoms with Crippen LogP contribution < -0.4 is 4.74 Å². The summed E-state index contributed by atoms with van der Waals surface area (Å²) in [4.78, 5) is 0. The van der Waals surface area contributed by atoms with Gasteiger partial charge in [-0.05, 0) is 17.7 Å². The van der Waals surface area contributed by atoms with Crippen LogP contribution in [0.1, 0.15) is 5.56 Å². The van der Waals surface area contributed by atoms with Crippen LogP contribution in [0.3, 0.4) is 0 Å². The predicted octanol–water partition coefficient (Wildman–Crippen LogP) is 2.49. The molecule has 0 aliphatic heterocycles. The molecule has 0 aliphatic rings. The van der Waals surface area contributed by atoms with E-state index in [-0.39, 0.29) is 0 Å². The van der Waals surface area contributed by atoms with E-state index in [0.717, 1.165) is 16.8 Å². The molecule has 0 unspecified atom stereocenters. The second-order valence-electron chi connectivity index (χ2n) is 4.06. The number of benzene rings is 2. The summed E-state index contributed by atoms with van der Waals surface area (Å²) in [5, 5.41) is 8.36. The molecule has 0 bridgehead atoms. The molecule has 1 heterocycles. The molecule has 0 spiro atoms. The third kappa shape index (κ3) is 1.82. The number of methoxy groups -OCH3 is 1. The maximum atomic E-state index is 5.28. The zero-order valence-corrected chi connectivity index (χ0v) is 10.1. The van der Waals surface area contributed by atoms with Crippen LogP contribution in [0.5, 0.6) is 5.75 Å². The van der Waals surface area contributed by atoms with Crippen molar-refractivity contribution in [1.29, 1.82) is 0 Å². The molecule has 2 aromatic carbocycles. The smallest absolute Gasteiger partial charge is 0.155 e. The van der Waals surface area contributed by atoms with Crippen molar-refractivity contribution in [3.8, 4) is 5.75 Å². The van der Waals surface area contributed by atoms with Crippen LogP contribution in [0.25, 0.3) is 11.0 Å². The third-order valence-electron chi connectivity index (χ3n) is 2.90. The second-order valence-corrected chi connectivity index (χ2v) is 4.06. The lowest BCUT2D eigenvalue weighted by Crippen LogP contribution is -2.01. The molecule has 0 fully saturated rings. The lowest BCUT2D eigenvalue weighted by molar-refractivity contribution is 0.419. The Morgan fingerprint density at radius 2 is 1.89 bits per heavy atom. The fourth-order valence-electron chi connectivity index (χ4n) is 2.00. The van der Waals surface area contributed by atoms with Gasteiger partial charge in [-0.15, -0.1) is 5.10 Å². The Hall–Kier alpha value is -2.36. The van der Waals surface area contributed by atoms with E-state index in [1.54, 1.807) is 7.11 Å². The Morgan fingerprint density at radius 1 is 1.06 bits per heavy atom. The standard InChI is InChI=1S/C14H13N3O/c1-18-13-9-5-8-12-14(13)15-16-17(12)10-11-6-3-2-4-7-11/h2-9H,10H2,1H3. The highest BCUT2D eigenvalue weighted by atomic mass is 16.5. The average Bonchev–Trinajstić information content (AvgIpc) is 2.83. The number of nitrogens with zero attached hydrogens (tertiary/aromatic N) is 3. The molecule has 4 heteroatoms. The maximum Gasteiger partial charge on any atom is 0.155 e. The molecule has 0 radical (unpaired) electrons. The number of ether oxygens (including phenoxy) is 1. The van der Waals surface area contributed by atoms with Crippen molar-refractivity contribution >= 4 is 11.0 Å². The van der Waals surface area contributed by atoms with Gasteiger partial charge in [-0.25, -0.2) is 4.68 Å². The van der Waals surface area contributed by atoms with Gasteiger partial charge in [-0.1, -0.05) is 41.6 Å². The first-order chi connectivity index (χ1) is 8.88. The highest BCUT2D eigenvalue weighted by Crippen LogP contribution is 2.22. The van der Waals surface area contributed by atoms with Crippen LogP contribution in [0.15, 0.2) is 48.5 Å². The van der Waals surface area contributed by atoms with Crippen molar-refractivity contribution in [3.05, 3.63) is 54.1 Å². The highest BCUT2D eigenvalue weighted by Gasteiger charge is 2.08. The molecule has 0 N–H and O–H groups in total. The van der Waals surface area contributed by atoms with Crippen LogP contribution in [-0.4, -0.2) is 22.1 Å². The van der Waals surface area contributed by atoms with E-state index in [1.165, 1.54) is 5.56 Å². The minimum Gasteiger partial charge on any atom is -0.494 e. The van der Waals surface area contributed by atoms with E-state index in [9.17, 15) is 0 Å². The molecule has 90 valence electrons. The predicted molar refractivity (Wildman–Crippen MR) is 69.6 cm³/mol. The van der Waals surface area contributed by atoms with Gasteiger partial charge in [0.05, 0.1) is 19.2 Å². The zero-order valence-electron chi connectivity index (χ0n) is 10.1. The third-order valence-corrected chi connectivity index (χ3v) is 2.90. The van der Waals surface area contributed by atoms with Crippen molar-refractivity contribution in [3.63, 3.8) is 0 Å². The van der Waals surface area contributed by atoms with E-state index in [0.29, 0.717) is 6.54 Å². The van der Waals surface area contributed by atoms with Crippen LogP contribution in [0, 0.1) is 0 Å². The molecular formula is C14H13N3O. The molecular weight excluding hydrogens is 226 g/mol. The first-order valence-corrected chi connectivity index (χ1v) is 5.78. The van der Waals surface area contributed by atoms with E-state index < -0.39 is 0 Å². The number of hydrogen-bond acceptors (Lipinski definition) is 3. The quantitative estimate of drug-likeness (QED) is 0.705. The van der Waals surface area contributed by atoms with Gasteiger partial charge in [0.25, 0.3) is 0 Å². The Balaban J connectivity index is 2.03. The Kier molecular flexibility index (Phi) is 2.68. The largest absolute Gasteiger partial charge is 0.494 e. The maximum absolute atomic E-state index is 5.28. The molecule has 0 saturated heterocycles. The Bertz CT molecular complexity index is 661. The molecule has 18 heavy (non-hydrogen) atoms. The van der Waals surface area contributed by atoms with Gasteiger partial charge >= 0.3 is 0 Å². The number of hydrogen-bond donors (Lipinski definition) is 0. The van der Waals surface area contributed by atoms with Crippen molar-refractivity contribution in [2.24, 2.45) is 0 Å². The summed E-state index contributed by atoms with van der Waals surface area (Å²) in [6, 6.07) is 16.0. The van der Waals surface area contributed by atoms with Gasteiger partial charge in [0.1, 0.15) is 5.75 Å². The Morgan fingerprint density at radius 3 is 2.67 bits per heavy atom. The summed E-state index contributed by atoms with van der Waals surface area (Å²) in [6.07, 6.45) is 0. The van der Waals surface area contributed by atoms with E-state index in [2.05, 4.69) is 22.4 Å². The lowest BCUT2D eigenvalue weighted by atomic mass is 10.2. The molecule has 1 aromatic heterocycles. The summed E-state index contributed by atoms with van der Waals surface area (Å²) >= 11 is 0. The van der Waals surface area contributed by atoms with E-state index in [4.69, 9.17) is 4.74 Å². The van der Waals surface area contributed by atoms with Crippen LogP contribution in [0.4, 0.5) is 0 Å². The second kappa shape index (κ2) is 4.49. The fraction of sp³-hybridized carbons (Fsp3) is 0.143. The number of aromatic nitrogens is 3. The zero-order chi connectivity index (χ0) is 12.4.